The maximum absolute atomic E-state index is 11.8. The number of carboxylic acid groups (broad SMARTS) is 1. The van der Waals surface area contributed by atoms with Crippen LogP contribution in [0.3, 0.4) is 0 Å². The van der Waals surface area contributed by atoms with Gasteiger partial charge in [0.05, 0.1) is 17.2 Å². The quantitative estimate of drug-likeness (QED) is 0.589. The molecule has 3 rings (SSSR count). The summed E-state index contributed by atoms with van der Waals surface area (Å²) in [6.07, 6.45) is 5.51. The average molecular weight is 452 g/mol. The second kappa shape index (κ2) is 12.2. The molecule has 0 aromatic heterocycles. The van der Waals surface area contributed by atoms with Crippen LogP contribution < -0.4 is 5.32 Å². The highest BCUT2D eigenvalue weighted by Gasteiger charge is 2.25. The molecule has 2 atom stereocenters. The highest BCUT2D eigenvalue weighted by Crippen LogP contribution is 2.19. The minimum absolute atomic E-state index is 0.00503. The molecule has 1 saturated heterocycles. The van der Waals surface area contributed by atoms with Gasteiger partial charge in [0.2, 0.25) is 0 Å². The molecule has 0 amide bonds. The Morgan fingerprint density at radius 3 is 2.17 bits per heavy atom. The number of aromatic carboxylic acids is 1. The summed E-state index contributed by atoms with van der Waals surface area (Å²) >= 11 is 11.3. The summed E-state index contributed by atoms with van der Waals surface area (Å²) in [5.41, 5.74) is 0.750. The van der Waals surface area contributed by atoms with Crippen LogP contribution in [0.2, 0.25) is 10.0 Å². The molecular formula is C22H23Cl2NO5. The van der Waals surface area contributed by atoms with Crippen LogP contribution in [0.4, 0.5) is 0 Å². The number of ether oxygens (including phenoxy) is 2. The first-order chi connectivity index (χ1) is 14.4. The molecule has 2 aromatic rings. The first-order valence-electron chi connectivity index (χ1n) is 9.33. The molecule has 2 N–H and O–H groups in total. The Kier molecular flexibility index (Phi) is 9.67. The van der Waals surface area contributed by atoms with Gasteiger partial charge in [-0.2, -0.15) is 0 Å². The first-order valence-corrected chi connectivity index (χ1v) is 10.1. The number of hydrogen-bond acceptors (Lipinski definition) is 5. The number of allylic oxidation sites excluding steroid dienone is 1. The highest BCUT2D eigenvalue weighted by atomic mass is 35.5. The van der Waals surface area contributed by atoms with Gasteiger partial charge in [-0.25, -0.2) is 9.59 Å². The Morgan fingerprint density at radius 1 is 1.07 bits per heavy atom. The maximum atomic E-state index is 11.8. The van der Waals surface area contributed by atoms with Crippen LogP contribution in [0.1, 0.15) is 40.5 Å². The molecule has 30 heavy (non-hydrogen) atoms. The minimum Gasteiger partial charge on any atom is -0.478 e. The number of hydrogen-bond donors (Lipinski definition) is 2. The normalized spacial score (nSPS) is 17.8. The summed E-state index contributed by atoms with van der Waals surface area (Å²) in [4.78, 5) is 22.1. The highest BCUT2D eigenvalue weighted by molar-refractivity contribution is 6.30. The Balaban J connectivity index is 0.000000269. The minimum atomic E-state index is -0.934. The second-order valence-corrected chi connectivity index (χ2v) is 7.28. The van der Waals surface area contributed by atoms with E-state index in [2.05, 4.69) is 5.32 Å². The number of carbonyl (C=O) groups excluding carboxylic acids is 1. The van der Waals surface area contributed by atoms with E-state index >= 15 is 0 Å². The summed E-state index contributed by atoms with van der Waals surface area (Å²) in [6, 6.07) is 12.7. The van der Waals surface area contributed by atoms with Crippen molar-refractivity contribution in [3.8, 4) is 0 Å². The molecule has 0 spiro atoms. The molecular weight excluding hydrogens is 429 g/mol. The summed E-state index contributed by atoms with van der Waals surface area (Å²) in [6.45, 7) is 2.21. The van der Waals surface area contributed by atoms with Crippen molar-refractivity contribution in [1.29, 1.82) is 0 Å². The maximum Gasteiger partial charge on any atom is 0.338 e. The fourth-order valence-electron chi connectivity index (χ4n) is 2.58. The van der Waals surface area contributed by atoms with Gasteiger partial charge in [-0.3, -0.25) is 0 Å². The topological polar surface area (TPSA) is 84.9 Å². The zero-order chi connectivity index (χ0) is 21.9. The van der Waals surface area contributed by atoms with E-state index in [0.29, 0.717) is 15.6 Å². The fourth-order valence-corrected chi connectivity index (χ4v) is 2.84. The lowest BCUT2D eigenvalue weighted by Crippen LogP contribution is -2.26. The third kappa shape index (κ3) is 8.06. The Morgan fingerprint density at radius 2 is 1.63 bits per heavy atom. The molecule has 1 aliphatic rings. The Bertz CT molecular complexity index is 853. The summed E-state index contributed by atoms with van der Waals surface area (Å²) in [7, 11) is 0. The van der Waals surface area contributed by atoms with Crippen molar-refractivity contribution in [2.24, 2.45) is 0 Å². The molecule has 0 radical (unpaired) electrons. The molecule has 6 nitrogen and oxygen atoms in total. The standard InChI is InChI=1S/C15H18ClNO3.C7H5ClO2/c1-2-9-17-14-8-7-13(20-14)10-19-15(18)11-3-5-12(16)6-4-11;8-6-3-1-5(2-4-6)7(9)10/h2-6,9,13-14,17H,7-8,10H2,1H3;1-4H,(H,9,10)/b9-2+;. The Labute approximate surface area is 185 Å². The van der Waals surface area contributed by atoms with Gasteiger partial charge in [0.1, 0.15) is 12.8 Å². The van der Waals surface area contributed by atoms with E-state index in [0.717, 1.165) is 12.8 Å². The van der Waals surface area contributed by atoms with E-state index in [1.54, 1.807) is 36.4 Å². The van der Waals surface area contributed by atoms with E-state index in [1.807, 2.05) is 19.2 Å². The summed E-state index contributed by atoms with van der Waals surface area (Å²) in [5.74, 6) is -1.29. The zero-order valence-electron chi connectivity index (χ0n) is 16.4. The van der Waals surface area contributed by atoms with Crippen LogP contribution in [0.5, 0.6) is 0 Å². The fraction of sp³-hybridized carbons (Fsp3) is 0.273. The molecule has 8 heteroatoms. The van der Waals surface area contributed by atoms with E-state index in [4.69, 9.17) is 37.8 Å². The van der Waals surface area contributed by atoms with Crippen LogP contribution in [0.15, 0.2) is 60.8 Å². The lowest BCUT2D eigenvalue weighted by atomic mass is 10.2. The third-order valence-corrected chi connectivity index (χ3v) is 4.63. The number of halogens is 2. The largest absolute Gasteiger partial charge is 0.478 e. The van der Waals surface area contributed by atoms with E-state index in [1.165, 1.54) is 12.1 Å². The predicted molar refractivity (Wildman–Crippen MR) is 116 cm³/mol. The van der Waals surface area contributed by atoms with Crippen molar-refractivity contribution >= 4 is 35.1 Å². The van der Waals surface area contributed by atoms with Crippen molar-refractivity contribution in [2.75, 3.05) is 6.61 Å². The number of nitrogens with one attached hydrogen (secondary N) is 1. The van der Waals surface area contributed by atoms with Crippen molar-refractivity contribution in [2.45, 2.75) is 32.1 Å². The zero-order valence-corrected chi connectivity index (χ0v) is 17.9. The molecule has 2 unspecified atom stereocenters. The lowest BCUT2D eigenvalue weighted by Gasteiger charge is -2.14. The molecule has 1 aliphatic heterocycles. The van der Waals surface area contributed by atoms with Crippen LogP contribution in [-0.2, 0) is 9.47 Å². The Hall–Kier alpha value is -2.54. The van der Waals surface area contributed by atoms with Gasteiger partial charge in [0, 0.05) is 10.0 Å². The van der Waals surface area contributed by atoms with Gasteiger partial charge >= 0.3 is 11.9 Å². The summed E-state index contributed by atoms with van der Waals surface area (Å²) in [5, 5.41) is 12.7. The monoisotopic (exact) mass is 451 g/mol. The van der Waals surface area contributed by atoms with Crippen LogP contribution in [0, 0.1) is 0 Å². The van der Waals surface area contributed by atoms with Gasteiger partial charge in [0.25, 0.3) is 0 Å². The number of benzene rings is 2. The molecule has 160 valence electrons. The summed E-state index contributed by atoms with van der Waals surface area (Å²) < 4.78 is 11.0. The van der Waals surface area contributed by atoms with Gasteiger partial charge in [-0.1, -0.05) is 29.3 Å². The van der Waals surface area contributed by atoms with Crippen molar-refractivity contribution in [3.63, 3.8) is 0 Å². The third-order valence-electron chi connectivity index (χ3n) is 4.13. The number of carboxylic acids is 1. The molecule has 1 heterocycles. The number of carbonyl (C=O) groups is 2. The lowest BCUT2D eigenvalue weighted by molar-refractivity contribution is -0.0131. The van der Waals surface area contributed by atoms with Crippen LogP contribution >= 0.6 is 23.2 Å². The van der Waals surface area contributed by atoms with Gasteiger partial charge in [0.15, 0.2) is 0 Å². The molecule has 0 aliphatic carbocycles. The SMILES string of the molecule is C/C=C/NC1CCC(COC(=O)c2ccc(Cl)cc2)O1.O=C(O)c1ccc(Cl)cc1. The molecule has 0 bridgehead atoms. The first kappa shape index (κ1) is 23.7. The van der Waals surface area contributed by atoms with Gasteiger partial charge in [-0.05, 0) is 74.5 Å². The molecule has 2 aromatic carbocycles. The van der Waals surface area contributed by atoms with Crippen LogP contribution in [0.25, 0.3) is 0 Å². The van der Waals surface area contributed by atoms with Crippen molar-refractivity contribution < 1.29 is 24.2 Å². The van der Waals surface area contributed by atoms with Gasteiger partial charge < -0.3 is 19.9 Å². The van der Waals surface area contributed by atoms with Gasteiger partial charge in [-0.15, -0.1) is 0 Å². The van der Waals surface area contributed by atoms with Crippen molar-refractivity contribution in [3.05, 3.63) is 82.0 Å². The van der Waals surface area contributed by atoms with Crippen molar-refractivity contribution in [1.82, 2.24) is 5.32 Å². The molecule has 0 saturated carbocycles. The van der Waals surface area contributed by atoms with E-state index in [-0.39, 0.29) is 30.5 Å². The van der Waals surface area contributed by atoms with E-state index in [9.17, 15) is 9.59 Å². The number of esters is 1. The smallest absolute Gasteiger partial charge is 0.338 e. The van der Waals surface area contributed by atoms with Crippen LogP contribution in [-0.4, -0.2) is 36.0 Å². The number of rotatable bonds is 6. The van der Waals surface area contributed by atoms with E-state index < -0.39 is 5.97 Å². The average Bonchev–Trinajstić information content (AvgIpc) is 3.19. The second-order valence-electron chi connectivity index (χ2n) is 6.41. The predicted octanol–water partition coefficient (Wildman–Crippen LogP) is 5.16. The molecule has 1 fully saturated rings.